The van der Waals surface area contributed by atoms with Crippen molar-refractivity contribution in [2.45, 2.75) is 39.7 Å². The van der Waals surface area contributed by atoms with E-state index in [4.69, 9.17) is 4.42 Å². The average Bonchev–Trinajstić information content (AvgIpc) is 2.67. The van der Waals surface area contributed by atoms with Crippen LogP contribution in [0.15, 0.2) is 10.5 Å². The van der Waals surface area contributed by atoms with Gasteiger partial charge in [-0.15, -0.1) is 24.8 Å². The monoisotopic (exact) mass is 308 g/mol. The Hall–Kier alpha value is -0.220. The van der Waals surface area contributed by atoms with Gasteiger partial charge < -0.3 is 9.73 Å². The largest absolute Gasteiger partial charge is 0.464 e. The first-order valence-corrected chi connectivity index (χ1v) is 6.74. The predicted octanol–water partition coefficient (Wildman–Crippen LogP) is 3.49. The summed E-state index contributed by atoms with van der Waals surface area (Å²) in [6.45, 7) is 10.9. The normalized spacial score (nSPS) is 17.4. The lowest BCUT2D eigenvalue weighted by Crippen LogP contribution is -2.45. The number of piperazine rings is 1. The standard InChI is InChI=1S/C14H24N2O.2ClH/c1-4-5-13(16-8-6-15-7-9-16)14-10-11(2)12(3)17-14;;/h10,13,15H,4-9H2,1-3H3;2*1H/t13-;;/m1../s1. The summed E-state index contributed by atoms with van der Waals surface area (Å²) in [5, 5.41) is 3.41. The minimum absolute atomic E-state index is 0. The zero-order chi connectivity index (χ0) is 12.3. The quantitative estimate of drug-likeness (QED) is 0.923. The summed E-state index contributed by atoms with van der Waals surface area (Å²) < 4.78 is 5.92. The van der Waals surface area contributed by atoms with E-state index in [9.17, 15) is 0 Å². The zero-order valence-corrected chi connectivity index (χ0v) is 13.7. The van der Waals surface area contributed by atoms with Gasteiger partial charge in [0.2, 0.25) is 0 Å². The van der Waals surface area contributed by atoms with Crippen molar-refractivity contribution in [1.29, 1.82) is 0 Å². The van der Waals surface area contributed by atoms with Crippen molar-refractivity contribution < 1.29 is 4.42 Å². The lowest BCUT2D eigenvalue weighted by Gasteiger charge is -2.33. The summed E-state index contributed by atoms with van der Waals surface area (Å²) >= 11 is 0. The van der Waals surface area contributed by atoms with Crippen LogP contribution in [0.1, 0.15) is 42.9 Å². The summed E-state index contributed by atoms with van der Waals surface area (Å²) in [5.41, 5.74) is 1.27. The van der Waals surface area contributed by atoms with Crippen molar-refractivity contribution in [3.05, 3.63) is 23.2 Å². The van der Waals surface area contributed by atoms with E-state index >= 15 is 0 Å². The Morgan fingerprint density at radius 1 is 1.26 bits per heavy atom. The molecule has 1 aromatic rings. The molecule has 2 rings (SSSR count). The highest BCUT2D eigenvalue weighted by Gasteiger charge is 2.24. The van der Waals surface area contributed by atoms with E-state index in [-0.39, 0.29) is 24.8 Å². The SMILES string of the molecule is CCC[C@H](c1cc(C)c(C)o1)N1CCNCC1.Cl.Cl. The number of furan rings is 1. The van der Waals surface area contributed by atoms with E-state index in [2.05, 4.69) is 37.1 Å². The van der Waals surface area contributed by atoms with Crippen LogP contribution in [0.25, 0.3) is 0 Å². The molecule has 0 spiro atoms. The van der Waals surface area contributed by atoms with Gasteiger partial charge in [0.1, 0.15) is 11.5 Å². The summed E-state index contributed by atoms with van der Waals surface area (Å²) in [5.74, 6) is 2.22. The molecule has 5 heteroatoms. The van der Waals surface area contributed by atoms with Gasteiger partial charge in [-0.25, -0.2) is 0 Å². The van der Waals surface area contributed by atoms with Crippen LogP contribution in [0.5, 0.6) is 0 Å². The summed E-state index contributed by atoms with van der Waals surface area (Å²) in [6.07, 6.45) is 2.39. The van der Waals surface area contributed by atoms with Gasteiger partial charge in [0.05, 0.1) is 6.04 Å². The third kappa shape index (κ3) is 4.67. The van der Waals surface area contributed by atoms with Crippen LogP contribution in [-0.4, -0.2) is 31.1 Å². The maximum Gasteiger partial charge on any atom is 0.121 e. The van der Waals surface area contributed by atoms with E-state index in [1.807, 2.05) is 0 Å². The molecule has 0 saturated carbocycles. The molecule has 3 nitrogen and oxygen atoms in total. The van der Waals surface area contributed by atoms with E-state index in [0.29, 0.717) is 6.04 Å². The third-order valence-electron chi connectivity index (χ3n) is 3.67. The maximum atomic E-state index is 5.92. The molecule has 1 aliphatic rings. The Kier molecular flexibility index (Phi) is 8.75. The molecule has 1 N–H and O–H groups in total. The molecule has 1 aromatic heterocycles. The van der Waals surface area contributed by atoms with Crippen molar-refractivity contribution in [2.75, 3.05) is 26.2 Å². The van der Waals surface area contributed by atoms with E-state index in [0.717, 1.165) is 37.7 Å². The van der Waals surface area contributed by atoms with Crippen molar-refractivity contribution >= 4 is 24.8 Å². The average molecular weight is 309 g/mol. The van der Waals surface area contributed by atoms with E-state index in [1.54, 1.807) is 0 Å². The van der Waals surface area contributed by atoms with Crippen LogP contribution in [0.4, 0.5) is 0 Å². The van der Waals surface area contributed by atoms with E-state index in [1.165, 1.54) is 18.4 Å². The zero-order valence-electron chi connectivity index (χ0n) is 12.1. The molecule has 0 amide bonds. The Morgan fingerprint density at radius 2 is 1.89 bits per heavy atom. The van der Waals surface area contributed by atoms with Gasteiger partial charge in [-0.2, -0.15) is 0 Å². The van der Waals surface area contributed by atoms with Gasteiger partial charge in [-0.05, 0) is 31.9 Å². The highest BCUT2D eigenvalue weighted by molar-refractivity contribution is 5.85. The van der Waals surface area contributed by atoms with Crippen molar-refractivity contribution in [2.24, 2.45) is 0 Å². The number of nitrogens with zero attached hydrogens (tertiary/aromatic N) is 1. The molecule has 1 aliphatic heterocycles. The number of aryl methyl sites for hydroxylation is 2. The first-order valence-electron chi connectivity index (χ1n) is 6.74. The van der Waals surface area contributed by atoms with Crippen LogP contribution in [0.3, 0.4) is 0 Å². The van der Waals surface area contributed by atoms with Crippen LogP contribution in [0.2, 0.25) is 0 Å². The summed E-state index contributed by atoms with van der Waals surface area (Å²) in [6, 6.07) is 2.69. The molecule has 1 saturated heterocycles. The van der Waals surface area contributed by atoms with Gasteiger partial charge in [0.25, 0.3) is 0 Å². The molecule has 0 unspecified atom stereocenters. The molecule has 2 heterocycles. The molecule has 1 fully saturated rings. The fourth-order valence-corrected chi connectivity index (χ4v) is 2.54. The van der Waals surface area contributed by atoms with Crippen molar-refractivity contribution in [3.63, 3.8) is 0 Å². The van der Waals surface area contributed by atoms with Gasteiger partial charge in [0, 0.05) is 26.2 Å². The second kappa shape index (κ2) is 8.85. The highest BCUT2D eigenvalue weighted by atomic mass is 35.5. The topological polar surface area (TPSA) is 28.4 Å². The van der Waals surface area contributed by atoms with Gasteiger partial charge >= 0.3 is 0 Å². The fourth-order valence-electron chi connectivity index (χ4n) is 2.54. The van der Waals surface area contributed by atoms with Crippen LogP contribution >= 0.6 is 24.8 Å². The molecule has 0 aromatic carbocycles. The highest BCUT2D eigenvalue weighted by Crippen LogP contribution is 2.29. The second-order valence-corrected chi connectivity index (χ2v) is 4.98. The van der Waals surface area contributed by atoms with Gasteiger partial charge in [-0.1, -0.05) is 13.3 Å². The fraction of sp³-hybridized carbons (Fsp3) is 0.714. The van der Waals surface area contributed by atoms with E-state index < -0.39 is 0 Å². The molecule has 0 radical (unpaired) electrons. The molecule has 19 heavy (non-hydrogen) atoms. The molecular weight excluding hydrogens is 283 g/mol. The molecule has 1 atom stereocenters. The van der Waals surface area contributed by atoms with Crippen LogP contribution < -0.4 is 5.32 Å². The second-order valence-electron chi connectivity index (χ2n) is 4.98. The minimum atomic E-state index is 0. The lowest BCUT2D eigenvalue weighted by molar-refractivity contribution is 0.145. The number of hydrogen-bond acceptors (Lipinski definition) is 3. The minimum Gasteiger partial charge on any atom is -0.464 e. The lowest BCUT2D eigenvalue weighted by atomic mass is 10.1. The number of hydrogen-bond donors (Lipinski definition) is 1. The Bertz CT molecular complexity index is 343. The Labute approximate surface area is 128 Å². The molecule has 0 aliphatic carbocycles. The van der Waals surface area contributed by atoms with Crippen molar-refractivity contribution in [3.8, 4) is 0 Å². The molecule has 0 bridgehead atoms. The smallest absolute Gasteiger partial charge is 0.121 e. The molecule has 112 valence electrons. The number of nitrogens with one attached hydrogen (secondary N) is 1. The van der Waals surface area contributed by atoms with Crippen molar-refractivity contribution in [1.82, 2.24) is 10.2 Å². The van der Waals surface area contributed by atoms with Crippen LogP contribution in [0, 0.1) is 13.8 Å². The maximum absolute atomic E-state index is 5.92. The first kappa shape index (κ1) is 18.8. The Morgan fingerprint density at radius 3 is 2.37 bits per heavy atom. The van der Waals surface area contributed by atoms with Crippen LogP contribution in [-0.2, 0) is 0 Å². The van der Waals surface area contributed by atoms with Gasteiger partial charge in [-0.3, -0.25) is 4.90 Å². The molecular formula is C14H26Cl2N2O. The Balaban J connectivity index is 0.00000162. The summed E-state index contributed by atoms with van der Waals surface area (Å²) in [4.78, 5) is 2.55. The first-order chi connectivity index (χ1) is 8.22. The number of rotatable bonds is 4. The summed E-state index contributed by atoms with van der Waals surface area (Å²) in [7, 11) is 0. The third-order valence-corrected chi connectivity index (χ3v) is 3.67. The number of halogens is 2. The van der Waals surface area contributed by atoms with Gasteiger partial charge in [0.15, 0.2) is 0 Å². The predicted molar refractivity (Wildman–Crippen MR) is 84.8 cm³/mol.